The number of thiazole rings is 1. The van der Waals surface area contributed by atoms with Crippen molar-refractivity contribution in [3.05, 3.63) is 51.9 Å². The second-order valence-electron chi connectivity index (χ2n) is 6.05. The first-order chi connectivity index (χ1) is 13.7. The molecule has 8 nitrogen and oxygen atoms in total. The number of nitrogens with zero attached hydrogens (tertiary/aromatic N) is 5. The molecule has 0 aliphatic carbocycles. The Labute approximate surface area is 167 Å². The quantitative estimate of drug-likeness (QED) is 0.465. The Kier molecular flexibility index (Phi) is 4.29. The predicted octanol–water partition coefficient (Wildman–Crippen LogP) is 3.06. The molecule has 3 aromatic heterocycles. The van der Waals surface area contributed by atoms with Gasteiger partial charge in [0.25, 0.3) is 5.56 Å². The van der Waals surface area contributed by atoms with E-state index in [2.05, 4.69) is 15.2 Å². The first kappa shape index (κ1) is 17.3. The van der Waals surface area contributed by atoms with E-state index < -0.39 is 0 Å². The Balaban J connectivity index is 1.42. The highest BCUT2D eigenvalue weighted by atomic mass is 32.2. The van der Waals surface area contributed by atoms with E-state index in [1.165, 1.54) is 23.1 Å². The maximum absolute atomic E-state index is 12.1. The van der Waals surface area contributed by atoms with Crippen molar-refractivity contribution in [1.29, 1.82) is 0 Å². The van der Waals surface area contributed by atoms with Crippen LogP contribution in [0, 0.1) is 0 Å². The molecule has 142 valence electrons. The average molecular weight is 413 g/mol. The molecule has 28 heavy (non-hydrogen) atoms. The van der Waals surface area contributed by atoms with Crippen molar-refractivity contribution in [2.24, 2.45) is 0 Å². The Bertz CT molecular complexity index is 1230. The van der Waals surface area contributed by atoms with Gasteiger partial charge in [0.15, 0.2) is 27.4 Å². The van der Waals surface area contributed by atoms with E-state index in [1.54, 1.807) is 16.7 Å². The average Bonchev–Trinajstić information content (AvgIpc) is 3.43. The minimum atomic E-state index is -0.0696. The molecule has 4 aromatic rings. The van der Waals surface area contributed by atoms with E-state index >= 15 is 0 Å². The summed E-state index contributed by atoms with van der Waals surface area (Å²) in [6.07, 6.45) is 1.73. The summed E-state index contributed by atoms with van der Waals surface area (Å²) in [4.78, 5) is 17.4. The van der Waals surface area contributed by atoms with Crippen molar-refractivity contribution < 1.29 is 9.47 Å². The van der Waals surface area contributed by atoms with Gasteiger partial charge >= 0.3 is 0 Å². The number of benzene rings is 1. The minimum absolute atomic E-state index is 0.0696. The third-order valence-corrected chi connectivity index (χ3v) is 6.13. The summed E-state index contributed by atoms with van der Waals surface area (Å²) in [6.45, 7) is 3.01. The summed E-state index contributed by atoms with van der Waals surface area (Å²) in [5.41, 5.74) is 1.58. The van der Waals surface area contributed by atoms with Gasteiger partial charge in [0.2, 0.25) is 6.79 Å². The van der Waals surface area contributed by atoms with Gasteiger partial charge in [-0.05, 0) is 25.1 Å². The fraction of sp³-hybridized carbons (Fsp3) is 0.222. The van der Waals surface area contributed by atoms with Crippen LogP contribution in [0.3, 0.4) is 0 Å². The predicted molar refractivity (Wildman–Crippen MR) is 106 cm³/mol. The zero-order chi connectivity index (χ0) is 19.1. The highest BCUT2D eigenvalue weighted by Crippen LogP contribution is 2.36. The van der Waals surface area contributed by atoms with Gasteiger partial charge in [0.05, 0.1) is 5.69 Å². The number of hydrogen-bond donors (Lipinski definition) is 0. The lowest BCUT2D eigenvalue weighted by Gasteiger charge is -2.08. The van der Waals surface area contributed by atoms with Crippen LogP contribution in [0.4, 0.5) is 0 Å². The Morgan fingerprint density at radius 3 is 3.00 bits per heavy atom. The topological polar surface area (TPSA) is 83.5 Å². The van der Waals surface area contributed by atoms with Crippen LogP contribution in [-0.4, -0.2) is 30.9 Å². The summed E-state index contributed by atoms with van der Waals surface area (Å²) < 4.78 is 14.4. The van der Waals surface area contributed by atoms with Gasteiger partial charge in [-0.15, -0.1) is 21.5 Å². The molecule has 1 aliphatic heterocycles. The van der Waals surface area contributed by atoms with Crippen LogP contribution in [0.5, 0.6) is 11.5 Å². The van der Waals surface area contributed by atoms with Gasteiger partial charge < -0.3 is 14.0 Å². The number of thioether (sulfide) groups is 1. The minimum Gasteiger partial charge on any atom is -0.454 e. The number of ether oxygens (including phenoxy) is 2. The van der Waals surface area contributed by atoms with Crippen molar-refractivity contribution in [2.45, 2.75) is 24.4 Å². The Morgan fingerprint density at radius 1 is 1.21 bits per heavy atom. The van der Waals surface area contributed by atoms with Crippen LogP contribution in [0.1, 0.15) is 12.6 Å². The summed E-state index contributed by atoms with van der Waals surface area (Å²) in [5, 5.41) is 11.3. The molecule has 10 heteroatoms. The van der Waals surface area contributed by atoms with Crippen molar-refractivity contribution in [2.75, 3.05) is 6.79 Å². The lowest BCUT2D eigenvalue weighted by Crippen LogP contribution is -2.12. The largest absolute Gasteiger partial charge is 0.454 e. The summed E-state index contributed by atoms with van der Waals surface area (Å²) in [5.74, 6) is 2.77. The van der Waals surface area contributed by atoms with Crippen molar-refractivity contribution in [3.63, 3.8) is 0 Å². The fourth-order valence-electron chi connectivity index (χ4n) is 3.03. The van der Waals surface area contributed by atoms with E-state index in [1.807, 2.05) is 35.1 Å². The van der Waals surface area contributed by atoms with Crippen LogP contribution in [-0.2, 0) is 12.3 Å². The Hall–Kier alpha value is -2.85. The second-order valence-corrected chi connectivity index (χ2v) is 7.86. The number of aromatic nitrogens is 5. The van der Waals surface area contributed by atoms with Gasteiger partial charge in [0.1, 0.15) is 0 Å². The third kappa shape index (κ3) is 2.94. The van der Waals surface area contributed by atoms with Crippen molar-refractivity contribution >= 4 is 28.1 Å². The monoisotopic (exact) mass is 413 g/mol. The maximum atomic E-state index is 12.1. The van der Waals surface area contributed by atoms with E-state index in [4.69, 9.17) is 9.47 Å². The molecule has 0 spiro atoms. The second kappa shape index (κ2) is 6.95. The molecule has 0 radical (unpaired) electrons. The molecule has 0 saturated heterocycles. The van der Waals surface area contributed by atoms with E-state index in [-0.39, 0.29) is 12.4 Å². The summed E-state index contributed by atoms with van der Waals surface area (Å²) >= 11 is 2.96. The summed E-state index contributed by atoms with van der Waals surface area (Å²) in [6, 6.07) is 7.32. The molecule has 0 bridgehead atoms. The highest BCUT2D eigenvalue weighted by molar-refractivity contribution is 7.98. The number of hydrogen-bond acceptors (Lipinski definition) is 8. The zero-order valence-corrected chi connectivity index (χ0v) is 16.5. The Morgan fingerprint density at radius 2 is 2.11 bits per heavy atom. The molecule has 0 fully saturated rings. The lowest BCUT2D eigenvalue weighted by atomic mass is 10.2. The van der Waals surface area contributed by atoms with Crippen molar-refractivity contribution in [3.8, 4) is 22.9 Å². The number of fused-ring (bicyclic) bond motifs is 2. The van der Waals surface area contributed by atoms with E-state index in [9.17, 15) is 4.79 Å². The lowest BCUT2D eigenvalue weighted by molar-refractivity contribution is 0.174. The molecule has 1 aromatic carbocycles. The number of rotatable bonds is 5. The molecule has 4 heterocycles. The van der Waals surface area contributed by atoms with E-state index in [0.717, 1.165) is 34.5 Å². The van der Waals surface area contributed by atoms with Gasteiger partial charge in [-0.1, -0.05) is 11.8 Å². The smallest absolute Gasteiger partial charge is 0.258 e. The van der Waals surface area contributed by atoms with Crippen LogP contribution in [0.25, 0.3) is 16.3 Å². The molecular formula is C18H15N5O3S2. The van der Waals surface area contributed by atoms with Crippen LogP contribution >= 0.6 is 23.1 Å². The SMILES string of the molecule is CCn1c(SCc2cc(=O)n3ccsc3n2)nnc1-c1ccc2c(c1)OCO2. The van der Waals surface area contributed by atoms with Crippen LogP contribution < -0.4 is 15.0 Å². The molecule has 0 atom stereocenters. The molecule has 0 N–H and O–H groups in total. The van der Waals surface area contributed by atoms with Crippen LogP contribution in [0.2, 0.25) is 0 Å². The van der Waals surface area contributed by atoms with Crippen molar-refractivity contribution in [1.82, 2.24) is 24.1 Å². The van der Waals surface area contributed by atoms with Gasteiger partial charge in [-0.3, -0.25) is 9.20 Å². The van der Waals surface area contributed by atoms with E-state index in [0.29, 0.717) is 16.5 Å². The molecule has 0 amide bonds. The van der Waals surface area contributed by atoms with Gasteiger partial charge in [-0.2, -0.15) is 0 Å². The normalized spacial score (nSPS) is 12.8. The molecule has 1 aliphatic rings. The van der Waals surface area contributed by atoms with Gasteiger partial charge in [0, 0.05) is 35.5 Å². The molecular weight excluding hydrogens is 398 g/mol. The zero-order valence-electron chi connectivity index (χ0n) is 14.9. The van der Waals surface area contributed by atoms with Gasteiger partial charge in [-0.25, -0.2) is 4.98 Å². The fourth-order valence-corrected chi connectivity index (χ4v) is 4.66. The maximum Gasteiger partial charge on any atom is 0.258 e. The summed E-state index contributed by atoms with van der Waals surface area (Å²) in [7, 11) is 0. The highest BCUT2D eigenvalue weighted by Gasteiger charge is 2.18. The molecule has 5 rings (SSSR count). The first-order valence-electron chi connectivity index (χ1n) is 8.65. The molecule has 0 unspecified atom stereocenters. The third-order valence-electron chi connectivity index (χ3n) is 4.37. The molecule has 0 saturated carbocycles. The standard InChI is InChI=1S/C18H15N5O3S2/c1-2-22-16(11-3-4-13-14(7-11)26-10-25-13)20-21-18(22)28-9-12-8-15(24)23-5-6-27-17(23)19-12/h3-8H,2,9-10H2,1H3. The van der Waals surface area contributed by atoms with Crippen LogP contribution in [0.15, 0.2) is 45.8 Å². The first-order valence-corrected chi connectivity index (χ1v) is 10.5.